The van der Waals surface area contributed by atoms with E-state index >= 15 is 0 Å². The standard InChI is InChI=1S/C33H30N4O5S/c1-2-42-27-16-8-22(9-17-27)20-29(37-32(40)24-6-4-3-5-7-24)33(41)36-26-14-18-28(19-15-26)43-21-30(38)35-25-12-10-23(11-13-25)31(34)39/h3-20H,2,21H2,1H3,(H2,34,39)(H,35,38)(H,36,41)(H,37,40)/b29-20-. The summed E-state index contributed by atoms with van der Waals surface area (Å²) in [4.78, 5) is 50.5. The molecule has 4 rings (SSSR count). The summed E-state index contributed by atoms with van der Waals surface area (Å²) in [6.07, 6.45) is 1.59. The SMILES string of the molecule is CCOc1ccc(/C=C(\NC(=O)c2ccccc2)C(=O)Nc2ccc(SCC(=O)Nc3ccc(C(N)=O)cc3)cc2)cc1. The van der Waals surface area contributed by atoms with Gasteiger partial charge in [-0.3, -0.25) is 19.2 Å². The third kappa shape index (κ3) is 9.34. The Morgan fingerprint density at radius 3 is 2.02 bits per heavy atom. The van der Waals surface area contributed by atoms with Gasteiger partial charge in [-0.15, -0.1) is 11.8 Å². The third-order valence-electron chi connectivity index (χ3n) is 5.97. The van der Waals surface area contributed by atoms with Crippen LogP contribution in [0.5, 0.6) is 5.75 Å². The van der Waals surface area contributed by atoms with Crippen LogP contribution in [-0.4, -0.2) is 36.0 Å². The molecule has 0 heterocycles. The lowest BCUT2D eigenvalue weighted by Gasteiger charge is -2.12. The Morgan fingerprint density at radius 2 is 1.40 bits per heavy atom. The van der Waals surface area contributed by atoms with E-state index in [2.05, 4.69) is 16.0 Å². The molecule has 0 spiro atoms. The van der Waals surface area contributed by atoms with Crippen LogP contribution in [0.1, 0.15) is 33.2 Å². The van der Waals surface area contributed by atoms with Crippen molar-refractivity contribution in [3.05, 3.63) is 126 Å². The highest BCUT2D eigenvalue weighted by molar-refractivity contribution is 8.00. The van der Waals surface area contributed by atoms with Crippen LogP contribution in [0.3, 0.4) is 0 Å². The Bertz CT molecular complexity index is 1600. The van der Waals surface area contributed by atoms with Crippen molar-refractivity contribution in [2.75, 3.05) is 23.0 Å². The molecule has 0 aliphatic carbocycles. The van der Waals surface area contributed by atoms with Gasteiger partial charge in [-0.25, -0.2) is 0 Å². The number of carbonyl (C=O) groups is 4. The van der Waals surface area contributed by atoms with Gasteiger partial charge in [0.15, 0.2) is 0 Å². The molecule has 4 aromatic carbocycles. The number of rotatable bonds is 12. The molecule has 0 radical (unpaired) electrons. The van der Waals surface area contributed by atoms with Crippen molar-refractivity contribution >= 4 is 52.8 Å². The fourth-order valence-electron chi connectivity index (χ4n) is 3.83. The highest BCUT2D eigenvalue weighted by Gasteiger charge is 2.15. The summed E-state index contributed by atoms with van der Waals surface area (Å²) in [6.45, 7) is 2.43. The number of anilines is 2. The van der Waals surface area contributed by atoms with Gasteiger partial charge in [0.05, 0.1) is 12.4 Å². The Labute approximate surface area is 253 Å². The second-order valence-electron chi connectivity index (χ2n) is 9.14. The lowest BCUT2D eigenvalue weighted by atomic mass is 10.1. The average Bonchev–Trinajstić information content (AvgIpc) is 3.02. The summed E-state index contributed by atoms with van der Waals surface area (Å²) in [5.74, 6) is -0.809. The minimum atomic E-state index is -0.537. The molecule has 0 atom stereocenters. The topological polar surface area (TPSA) is 140 Å². The number of hydrogen-bond donors (Lipinski definition) is 4. The zero-order valence-corrected chi connectivity index (χ0v) is 24.1. The van der Waals surface area contributed by atoms with Crippen LogP contribution in [-0.2, 0) is 9.59 Å². The van der Waals surface area contributed by atoms with Crippen molar-refractivity contribution in [3.63, 3.8) is 0 Å². The fraction of sp³-hybridized carbons (Fsp3) is 0.0909. The van der Waals surface area contributed by atoms with Gasteiger partial charge in [0.25, 0.3) is 11.8 Å². The molecule has 4 amide bonds. The molecule has 43 heavy (non-hydrogen) atoms. The van der Waals surface area contributed by atoms with Crippen LogP contribution >= 0.6 is 11.8 Å². The fourth-order valence-corrected chi connectivity index (χ4v) is 4.53. The zero-order valence-electron chi connectivity index (χ0n) is 23.3. The van der Waals surface area contributed by atoms with E-state index < -0.39 is 17.7 Å². The van der Waals surface area contributed by atoms with Gasteiger partial charge in [0, 0.05) is 27.4 Å². The first-order valence-corrected chi connectivity index (χ1v) is 14.3. The van der Waals surface area contributed by atoms with Crippen LogP contribution in [0.2, 0.25) is 0 Å². The van der Waals surface area contributed by atoms with Crippen molar-refractivity contribution in [3.8, 4) is 5.75 Å². The van der Waals surface area contributed by atoms with E-state index in [1.807, 2.05) is 6.92 Å². The Hall–Kier alpha value is -5.35. The number of nitrogens with two attached hydrogens (primary N) is 1. The summed E-state index contributed by atoms with van der Waals surface area (Å²) in [6, 6.07) is 29.1. The normalized spacial score (nSPS) is 10.9. The number of carbonyl (C=O) groups excluding carboxylic acids is 4. The van der Waals surface area contributed by atoms with Crippen LogP contribution in [0, 0.1) is 0 Å². The molecule has 0 unspecified atom stereocenters. The van der Waals surface area contributed by atoms with E-state index in [9.17, 15) is 19.2 Å². The first-order chi connectivity index (χ1) is 20.8. The zero-order chi connectivity index (χ0) is 30.6. The second-order valence-corrected chi connectivity index (χ2v) is 10.2. The molecule has 0 fully saturated rings. The number of thioether (sulfide) groups is 1. The maximum Gasteiger partial charge on any atom is 0.272 e. The van der Waals surface area contributed by atoms with Crippen LogP contribution in [0.25, 0.3) is 6.08 Å². The van der Waals surface area contributed by atoms with E-state index in [0.717, 1.165) is 4.90 Å². The van der Waals surface area contributed by atoms with E-state index in [1.165, 1.54) is 11.8 Å². The minimum absolute atomic E-state index is 0.0667. The molecule has 10 heteroatoms. The smallest absolute Gasteiger partial charge is 0.272 e. The first-order valence-electron chi connectivity index (χ1n) is 13.4. The van der Waals surface area contributed by atoms with E-state index in [-0.39, 0.29) is 17.4 Å². The molecule has 5 N–H and O–H groups in total. The molecule has 0 aliphatic rings. The highest BCUT2D eigenvalue weighted by atomic mass is 32.2. The molecule has 0 aliphatic heterocycles. The van der Waals surface area contributed by atoms with Gasteiger partial charge in [-0.1, -0.05) is 30.3 Å². The van der Waals surface area contributed by atoms with Crippen molar-refractivity contribution in [2.45, 2.75) is 11.8 Å². The van der Waals surface area contributed by atoms with Gasteiger partial charge in [-0.2, -0.15) is 0 Å². The van der Waals surface area contributed by atoms with Gasteiger partial charge in [0.2, 0.25) is 11.8 Å². The highest BCUT2D eigenvalue weighted by Crippen LogP contribution is 2.22. The van der Waals surface area contributed by atoms with Crippen LogP contribution in [0.15, 0.2) is 114 Å². The quantitative estimate of drug-likeness (QED) is 0.129. The first kappa shape index (κ1) is 30.6. The molecule has 0 saturated heterocycles. The molecule has 9 nitrogen and oxygen atoms in total. The Balaban J connectivity index is 1.39. The summed E-state index contributed by atoms with van der Waals surface area (Å²) in [5, 5.41) is 8.31. The predicted octanol–water partition coefficient (Wildman–Crippen LogP) is 5.32. The third-order valence-corrected chi connectivity index (χ3v) is 6.98. The van der Waals surface area contributed by atoms with Gasteiger partial charge >= 0.3 is 0 Å². The summed E-state index contributed by atoms with van der Waals surface area (Å²) in [7, 11) is 0. The number of nitrogens with one attached hydrogen (secondary N) is 3. The number of amides is 4. The predicted molar refractivity (Wildman–Crippen MR) is 169 cm³/mol. The summed E-state index contributed by atoms with van der Waals surface area (Å²) in [5.41, 5.74) is 7.86. The largest absolute Gasteiger partial charge is 0.494 e. The molecule has 0 saturated carbocycles. The monoisotopic (exact) mass is 594 g/mol. The van der Waals surface area contributed by atoms with Crippen molar-refractivity contribution in [1.29, 1.82) is 0 Å². The van der Waals surface area contributed by atoms with Crippen molar-refractivity contribution < 1.29 is 23.9 Å². The number of benzene rings is 4. The maximum atomic E-state index is 13.3. The van der Waals surface area contributed by atoms with Crippen LogP contribution < -0.4 is 26.4 Å². The number of primary amides is 1. The van der Waals surface area contributed by atoms with Crippen LogP contribution in [0.4, 0.5) is 11.4 Å². The molecule has 218 valence electrons. The molecular formula is C33H30N4O5S. The van der Waals surface area contributed by atoms with Gasteiger partial charge in [0.1, 0.15) is 11.4 Å². The van der Waals surface area contributed by atoms with Crippen molar-refractivity contribution in [1.82, 2.24) is 5.32 Å². The number of hydrogen-bond acceptors (Lipinski definition) is 6. The molecule has 4 aromatic rings. The van der Waals surface area contributed by atoms with E-state index in [0.29, 0.717) is 40.4 Å². The van der Waals surface area contributed by atoms with Gasteiger partial charge in [-0.05, 0) is 91.4 Å². The minimum Gasteiger partial charge on any atom is -0.494 e. The Morgan fingerprint density at radius 1 is 0.767 bits per heavy atom. The molecular weight excluding hydrogens is 564 g/mol. The van der Waals surface area contributed by atoms with E-state index in [1.54, 1.807) is 109 Å². The average molecular weight is 595 g/mol. The van der Waals surface area contributed by atoms with E-state index in [4.69, 9.17) is 10.5 Å². The molecule has 0 aromatic heterocycles. The van der Waals surface area contributed by atoms with Crippen molar-refractivity contribution in [2.24, 2.45) is 5.73 Å². The Kier molecular flexibility index (Phi) is 10.7. The molecule has 0 bridgehead atoms. The van der Waals surface area contributed by atoms with Gasteiger partial charge < -0.3 is 26.4 Å². The lowest BCUT2D eigenvalue weighted by Crippen LogP contribution is -2.30. The lowest BCUT2D eigenvalue weighted by molar-refractivity contribution is -0.114. The number of ether oxygens (including phenoxy) is 1. The second kappa shape index (κ2) is 15.0. The maximum absolute atomic E-state index is 13.3. The summed E-state index contributed by atoms with van der Waals surface area (Å²) < 4.78 is 5.48. The summed E-state index contributed by atoms with van der Waals surface area (Å²) >= 11 is 1.32.